The summed E-state index contributed by atoms with van der Waals surface area (Å²) in [6.07, 6.45) is 1.80. The fourth-order valence-electron chi connectivity index (χ4n) is 2.63. The van der Waals surface area contributed by atoms with Gasteiger partial charge in [-0.3, -0.25) is 4.68 Å². The normalized spacial score (nSPS) is 23.4. The molecule has 0 bridgehead atoms. The summed E-state index contributed by atoms with van der Waals surface area (Å²) in [5.74, 6) is 0.628. The Bertz CT molecular complexity index is 413. The van der Waals surface area contributed by atoms with Crippen molar-refractivity contribution in [2.24, 2.45) is 5.92 Å². The average Bonchev–Trinajstić information content (AvgIpc) is 2.55. The van der Waals surface area contributed by atoms with Crippen LogP contribution in [0.4, 0.5) is 0 Å². The number of rotatable bonds is 5. The van der Waals surface area contributed by atoms with Crippen LogP contribution in [0.2, 0.25) is 5.02 Å². The zero-order valence-electron chi connectivity index (χ0n) is 11.4. The van der Waals surface area contributed by atoms with E-state index in [1.807, 2.05) is 11.6 Å². The molecule has 1 aliphatic carbocycles. The van der Waals surface area contributed by atoms with Crippen molar-refractivity contribution in [3.63, 3.8) is 0 Å². The molecular weight excluding hydrogens is 250 g/mol. The van der Waals surface area contributed by atoms with Gasteiger partial charge in [-0.1, -0.05) is 11.6 Å². The van der Waals surface area contributed by atoms with Crippen molar-refractivity contribution in [2.45, 2.75) is 45.9 Å². The van der Waals surface area contributed by atoms with Crippen molar-refractivity contribution in [1.29, 1.82) is 0 Å². The lowest BCUT2D eigenvalue weighted by molar-refractivity contribution is 0.0271. The highest BCUT2D eigenvalue weighted by atomic mass is 35.5. The van der Waals surface area contributed by atoms with E-state index in [1.54, 1.807) is 0 Å². The van der Waals surface area contributed by atoms with Gasteiger partial charge in [-0.25, -0.2) is 0 Å². The molecule has 5 heteroatoms. The van der Waals surface area contributed by atoms with Gasteiger partial charge in [0.25, 0.3) is 0 Å². The fourth-order valence-corrected chi connectivity index (χ4v) is 2.83. The molecule has 0 radical (unpaired) electrons. The third-order valence-electron chi connectivity index (χ3n) is 3.65. The van der Waals surface area contributed by atoms with Crippen LogP contribution in [-0.2, 0) is 13.1 Å². The van der Waals surface area contributed by atoms with Gasteiger partial charge in [-0.15, -0.1) is 0 Å². The molecule has 4 nitrogen and oxygen atoms in total. The summed E-state index contributed by atoms with van der Waals surface area (Å²) in [7, 11) is 2.10. The Hall–Kier alpha value is -0.580. The molecule has 1 aliphatic rings. The maximum absolute atomic E-state index is 9.30. The predicted molar refractivity (Wildman–Crippen MR) is 72.7 cm³/mol. The van der Waals surface area contributed by atoms with Crippen LogP contribution in [0.5, 0.6) is 0 Å². The van der Waals surface area contributed by atoms with E-state index in [-0.39, 0.29) is 6.10 Å². The number of hydrogen-bond acceptors (Lipinski definition) is 3. The Balaban J connectivity index is 1.95. The van der Waals surface area contributed by atoms with E-state index in [0.29, 0.717) is 5.92 Å². The average molecular weight is 272 g/mol. The number of aliphatic hydroxyl groups excluding tert-OH is 1. The maximum Gasteiger partial charge on any atom is 0.0860 e. The van der Waals surface area contributed by atoms with Crippen molar-refractivity contribution < 1.29 is 5.11 Å². The number of nitrogens with zero attached hydrogens (tertiary/aromatic N) is 3. The van der Waals surface area contributed by atoms with Gasteiger partial charge in [0.15, 0.2) is 0 Å². The van der Waals surface area contributed by atoms with Gasteiger partial charge in [-0.2, -0.15) is 5.10 Å². The lowest BCUT2D eigenvalue weighted by Crippen LogP contribution is -2.37. The van der Waals surface area contributed by atoms with Crippen LogP contribution in [-0.4, -0.2) is 39.5 Å². The number of aromatic nitrogens is 2. The molecule has 2 rings (SSSR count). The van der Waals surface area contributed by atoms with Crippen molar-refractivity contribution in [1.82, 2.24) is 14.7 Å². The molecule has 1 saturated carbocycles. The first kappa shape index (κ1) is 13.8. The first-order valence-electron chi connectivity index (χ1n) is 6.59. The molecular formula is C13H22ClN3O. The second-order valence-electron chi connectivity index (χ2n) is 5.35. The molecule has 0 aliphatic heterocycles. The van der Waals surface area contributed by atoms with Crippen LogP contribution >= 0.6 is 11.6 Å². The largest absolute Gasteiger partial charge is 0.393 e. The minimum Gasteiger partial charge on any atom is -0.393 e. The van der Waals surface area contributed by atoms with E-state index < -0.39 is 0 Å². The minimum absolute atomic E-state index is 0.0737. The van der Waals surface area contributed by atoms with Crippen molar-refractivity contribution in [2.75, 3.05) is 13.6 Å². The van der Waals surface area contributed by atoms with E-state index in [2.05, 4.69) is 24.0 Å². The molecule has 1 fully saturated rings. The summed E-state index contributed by atoms with van der Waals surface area (Å²) in [4.78, 5) is 2.27. The Morgan fingerprint density at radius 1 is 1.50 bits per heavy atom. The van der Waals surface area contributed by atoms with Gasteiger partial charge in [0.1, 0.15) is 0 Å². The van der Waals surface area contributed by atoms with Gasteiger partial charge in [-0.05, 0) is 39.7 Å². The zero-order valence-corrected chi connectivity index (χ0v) is 12.1. The Kier molecular flexibility index (Phi) is 4.30. The molecule has 0 saturated heterocycles. The summed E-state index contributed by atoms with van der Waals surface area (Å²) in [6, 6.07) is 0. The van der Waals surface area contributed by atoms with Crippen molar-refractivity contribution in [3.05, 3.63) is 16.4 Å². The van der Waals surface area contributed by atoms with E-state index in [1.165, 1.54) is 0 Å². The fraction of sp³-hybridized carbons (Fsp3) is 0.769. The quantitative estimate of drug-likeness (QED) is 0.891. The molecule has 0 aromatic carbocycles. The topological polar surface area (TPSA) is 41.3 Å². The summed E-state index contributed by atoms with van der Waals surface area (Å²) < 4.78 is 1.98. The minimum atomic E-state index is -0.0737. The molecule has 1 aromatic heterocycles. The van der Waals surface area contributed by atoms with E-state index >= 15 is 0 Å². The number of halogens is 1. The Morgan fingerprint density at radius 2 is 2.17 bits per heavy atom. The van der Waals surface area contributed by atoms with E-state index in [9.17, 15) is 5.11 Å². The second-order valence-corrected chi connectivity index (χ2v) is 5.73. The predicted octanol–water partition coefficient (Wildman–Crippen LogP) is 2.07. The molecule has 0 spiro atoms. The molecule has 18 heavy (non-hydrogen) atoms. The zero-order chi connectivity index (χ0) is 13.3. The highest BCUT2D eigenvalue weighted by Crippen LogP contribution is 2.28. The summed E-state index contributed by atoms with van der Waals surface area (Å²) >= 11 is 6.29. The van der Waals surface area contributed by atoms with Crippen LogP contribution in [0.25, 0.3) is 0 Å². The highest BCUT2D eigenvalue weighted by molar-refractivity contribution is 6.31. The van der Waals surface area contributed by atoms with Crippen molar-refractivity contribution >= 4 is 11.6 Å². The van der Waals surface area contributed by atoms with Crippen molar-refractivity contribution in [3.8, 4) is 0 Å². The number of aryl methyl sites for hydroxylation is 2. The van der Waals surface area contributed by atoms with Gasteiger partial charge < -0.3 is 10.0 Å². The maximum atomic E-state index is 9.30. The molecule has 1 heterocycles. The second kappa shape index (κ2) is 5.59. The number of aliphatic hydroxyl groups is 1. The van der Waals surface area contributed by atoms with Crippen LogP contribution in [0, 0.1) is 12.8 Å². The molecule has 1 aromatic rings. The van der Waals surface area contributed by atoms with Crippen LogP contribution in [0.1, 0.15) is 31.2 Å². The van der Waals surface area contributed by atoms with Gasteiger partial charge >= 0.3 is 0 Å². The monoisotopic (exact) mass is 271 g/mol. The standard InChI is InChI=1S/C13H22ClN3O/c1-4-17-12(13(14)9(2)15-17)8-16(3)7-10-5-11(18)6-10/h10-11,18H,4-8H2,1-3H3. The molecule has 1 N–H and O–H groups in total. The first-order chi connectivity index (χ1) is 8.51. The van der Waals surface area contributed by atoms with E-state index in [4.69, 9.17) is 11.6 Å². The first-order valence-corrected chi connectivity index (χ1v) is 6.97. The lowest BCUT2D eigenvalue weighted by Gasteiger charge is -2.34. The van der Waals surface area contributed by atoms with E-state index in [0.717, 1.165) is 48.9 Å². The summed E-state index contributed by atoms with van der Waals surface area (Å²) in [5.41, 5.74) is 2.00. The van der Waals surface area contributed by atoms with Gasteiger partial charge in [0.2, 0.25) is 0 Å². The highest BCUT2D eigenvalue weighted by Gasteiger charge is 2.28. The Labute approximate surface area is 114 Å². The Morgan fingerprint density at radius 3 is 2.72 bits per heavy atom. The lowest BCUT2D eigenvalue weighted by atomic mass is 9.82. The van der Waals surface area contributed by atoms with Crippen LogP contribution in [0.3, 0.4) is 0 Å². The summed E-state index contributed by atoms with van der Waals surface area (Å²) in [5, 5.41) is 14.5. The molecule has 0 amide bonds. The van der Waals surface area contributed by atoms with Gasteiger partial charge in [0.05, 0.1) is 22.5 Å². The molecule has 102 valence electrons. The molecule has 0 unspecified atom stereocenters. The smallest absolute Gasteiger partial charge is 0.0860 e. The van der Waals surface area contributed by atoms with Crippen LogP contribution in [0.15, 0.2) is 0 Å². The number of hydrogen-bond donors (Lipinski definition) is 1. The summed E-state index contributed by atoms with van der Waals surface area (Å²) in [6.45, 7) is 6.70. The molecule has 0 atom stereocenters. The van der Waals surface area contributed by atoms with Gasteiger partial charge in [0, 0.05) is 19.6 Å². The SMILES string of the molecule is CCn1nc(C)c(Cl)c1CN(C)CC1CC(O)C1. The third kappa shape index (κ3) is 2.87. The van der Waals surface area contributed by atoms with Crippen LogP contribution < -0.4 is 0 Å². The third-order valence-corrected chi connectivity index (χ3v) is 4.14.